The predicted octanol–water partition coefficient (Wildman–Crippen LogP) is 2.90. The largest absolute Gasteiger partial charge is 0.373 e. The van der Waals surface area contributed by atoms with Gasteiger partial charge in [-0.3, -0.25) is 9.78 Å². The molecule has 0 N–H and O–H groups in total. The zero-order valence-electron chi connectivity index (χ0n) is 15.3. The standard InChI is InChI=1S/C21H24FN3O2/c22-18-14-23-9-8-17(18)21(26)25-12-13-27-19(15-24-10-4-5-11-24)20(25)16-6-2-1-3-7-16/h1-3,6-9,14,19-20H,4-5,10-13,15H2/t19-,20-/m0/s1. The Bertz CT molecular complexity index is 780. The minimum absolute atomic E-state index is 0.0627. The van der Waals surface area contributed by atoms with Gasteiger partial charge in [0, 0.05) is 19.3 Å². The van der Waals surface area contributed by atoms with Crippen molar-refractivity contribution in [2.75, 3.05) is 32.8 Å². The first-order valence-corrected chi connectivity index (χ1v) is 9.53. The molecule has 2 aliphatic rings. The lowest BCUT2D eigenvalue weighted by Crippen LogP contribution is -2.51. The molecular formula is C21H24FN3O2. The van der Waals surface area contributed by atoms with Gasteiger partial charge in [0.2, 0.25) is 0 Å². The van der Waals surface area contributed by atoms with Crippen molar-refractivity contribution in [3.63, 3.8) is 0 Å². The Kier molecular flexibility index (Phi) is 5.45. The number of carbonyl (C=O) groups is 1. The van der Waals surface area contributed by atoms with Gasteiger partial charge in [-0.05, 0) is 37.6 Å². The SMILES string of the molecule is O=C(c1ccncc1F)N1CCO[C@@H](CN2CCCC2)[C@@H]1c1ccccc1. The number of amides is 1. The van der Waals surface area contributed by atoms with E-state index in [4.69, 9.17) is 4.74 Å². The molecule has 0 unspecified atom stereocenters. The van der Waals surface area contributed by atoms with Gasteiger partial charge in [0.05, 0.1) is 30.5 Å². The number of ether oxygens (including phenoxy) is 1. The summed E-state index contributed by atoms with van der Waals surface area (Å²) in [6.45, 7) is 3.81. The summed E-state index contributed by atoms with van der Waals surface area (Å²) in [7, 11) is 0. The summed E-state index contributed by atoms with van der Waals surface area (Å²) in [5, 5.41) is 0. The van der Waals surface area contributed by atoms with Gasteiger partial charge in [0.15, 0.2) is 5.82 Å². The molecule has 5 nitrogen and oxygen atoms in total. The second-order valence-corrected chi connectivity index (χ2v) is 7.13. The van der Waals surface area contributed by atoms with E-state index < -0.39 is 5.82 Å². The maximum absolute atomic E-state index is 14.2. The summed E-state index contributed by atoms with van der Waals surface area (Å²) in [5.74, 6) is -0.893. The van der Waals surface area contributed by atoms with Crippen LogP contribution in [-0.2, 0) is 4.74 Å². The molecule has 2 saturated heterocycles. The molecule has 4 rings (SSSR count). The van der Waals surface area contributed by atoms with Crippen LogP contribution in [0.3, 0.4) is 0 Å². The quantitative estimate of drug-likeness (QED) is 0.831. The van der Waals surface area contributed by atoms with E-state index in [1.807, 2.05) is 30.3 Å². The molecule has 6 heteroatoms. The minimum Gasteiger partial charge on any atom is -0.373 e. The number of benzene rings is 1. The normalized spacial score (nSPS) is 23.5. The van der Waals surface area contributed by atoms with Crippen molar-refractivity contribution in [3.8, 4) is 0 Å². The number of carbonyl (C=O) groups excluding carboxylic acids is 1. The summed E-state index contributed by atoms with van der Waals surface area (Å²) >= 11 is 0. The highest BCUT2D eigenvalue weighted by Crippen LogP contribution is 2.32. The Morgan fingerprint density at radius 1 is 1.15 bits per heavy atom. The fourth-order valence-electron chi connectivity index (χ4n) is 4.08. The van der Waals surface area contributed by atoms with Gasteiger partial charge in [-0.15, -0.1) is 0 Å². The lowest BCUT2D eigenvalue weighted by molar-refractivity contribution is -0.0708. The van der Waals surface area contributed by atoms with Gasteiger partial charge >= 0.3 is 0 Å². The number of nitrogens with zero attached hydrogens (tertiary/aromatic N) is 3. The molecule has 142 valence electrons. The average molecular weight is 369 g/mol. The first-order valence-electron chi connectivity index (χ1n) is 9.53. The van der Waals surface area contributed by atoms with E-state index in [1.54, 1.807) is 4.90 Å². The van der Waals surface area contributed by atoms with Crippen molar-refractivity contribution >= 4 is 5.91 Å². The zero-order chi connectivity index (χ0) is 18.6. The topological polar surface area (TPSA) is 45.7 Å². The van der Waals surface area contributed by atoms with Crippen molar-refractivity contribution in [3.05, 3.63) is 65.7 Å². The smallest absolute Gasteiger partial charge is 0.257 e. The van der Waals surface area contributed by atoms with Crippen molar-refractivity contribution in [2.24, 2.45) is 0 Å². The first kappa shape index (κ1) is 18.1. The van der Waals surface area contributed by atoms with Crippen LogP contribution in [0.5, 0.6) is 0 Å². The van der Waals surface area contributed by atoms with E-state index in [0.29, 0.717) is 13.2 Å². The number of pyridine rings is 1. The molecule has 27 heavy (non-hydrogen) atoms. The Morgan fingerprint density at radius 2 is 1.93 bits per heavy atom. The van der Waals surface area contributed by atoms with E-state index in [0.717, 1.165) is 31.4 Å². The Balaban J connectivity index is 1.65. The molecule has 0 bridgehead atoms. The monoisotopic (exact) mass is 369 g/mol. The Morgan fingerprint density at radius 3 is 2.67 bits per heavy atom. The number of rotatable bonds is 4. The Labute approximate surface area is 158 Å². The molecule has 2 fully saturated rings. The number of morpholine rings is 1. The van der Waals surface area contributed by atoms with Gasteiger partial charge in [-0.25, -0.2) is 4.39 Å². The molecule has 1 aromatic carbocycles. The third-order valence-electron chi connectivity index (χ3n) is 5.39. The highest BCUT2D eigenvalue weighted by Gasteiger charge is 2.38. The van der Waals surface area contributed by atoms with Crippen LogP contribution in [0.2, 0.25) is 0 Å². The van der Waals surface area contributed by atoms with Crippen LogP contribution >= 0.6 is 0 Å². The highest BCUT2D eigenvalue weighted by molar-refractivity contribution is 5.94. The van der Waals surface area contributed by atoms with Crippen LogP contribution in [0.4, 0.5) is 4.39 Å². The lowest BCUT2D eigenvalue weighted by atomic mass is 9.96. The summed E-state index contributed by atoms with van der Waals surface area (Å²) in [6.07, 6.45) is 4.82. The van der Waals surface area contributed by atoms with Crippen molar-refractivity contribution < 1.29 is 13.9 Å². The van der Waals surface area contributed by atoms with Gasteiger partial charge < -0.3 is 14.5 Å². The average Bonchev–Trinajstić information content (AvgIpc) is 3.21. The maximum atomic E-state index is 14.2. The van der Waals surface area contributed by atoms with Gasteiger partial charge in [-0.1, -0.05) is 30.3 Å². The van der Waals surface area contributed by atoms with Crippen LogP contribution in [0, 0.1) is 5.82 Å². The number of likely N-dealkylation sites (tertiary alicyclic amines) is 1. The second kappa shape index (κ2) is 8.15. The third-order valence-corrected chi connectivity index (χ3v) is 5.39. The van der Waals surface area contributed by atoms with Crippen LogP contribution in [-0.4, -0.2) is 59.6 Å². The highest BCUT2D eigenvalue weighted by atomic mass is 19.1. The molecule has 1 amide bonds. The van der Waals surface area contributed by atoms with Crippen LogP contribution in [0.15, 0.2) is 48.8 Å². The number of halogens is 1. The molecule has 0 spiro atoms. The molecular weight excluding hydrogens is 345 g/mol. The molecule has 2 atom stereocenters. The maximum Gasteiger partial charge on any atom is 0.257 e. The van der Waals surface area contributed by atoms with Crippen molar-refractivity contribution in [1.82, 2.24) is 14.8 Å². The van der Waals surface area contributed by atoms with Gasteiger partial charge in [-0.2, -0.15) is 0 Å². The fourth-order valence-corrected chi connectivity index (χ4v) is 4.08. The predicted molar refractivity (Wildman–Crippen MR) is 99.8 cm³/mol. The minimum atomic E-state index is -0.586. The number of hydrogen-bond acceptors (Lipinski definition) is 4. The molecule has 0 aliphatic carbocycles. The van der Waals surface area contributed by atoms with E-state index >= 15 is 0 Å². The van der Waals surface area contributed by atoms with E-state index in [-0.39, 0.29) is 23.6 Å². The summed E-state index contributed by atoms with van der Waals surface area (Å²) < 4.78 is 20.3. The molecule has 1 aromatic heterocycles. The summed E-state index contributed by atoms with van der Waals surface area (Å²) in [6, 6.07) is 11.1. The zero-order valence-corrected chi connectivity index (χ0v) is 15.3. The number of aromatic nitrogens is 1. The van der Waals surface area contributed by atoms with Crippen molar-refractivity contribution in [2.45, 2.75) is 25.0 Å². The Hall–Kier alpha value is -2.31. The summed E-state index contributed by atoms with van der Waals surface area (Å²) in [5.41, 5.74) is 1.08. The summed E-state index contributed by atoms with van der Waals surface area (Å²) in [4.78, 5) is 21.1. The molecule has 0 saturated carbocycles. The van der Waals surface area contributed by atoms with Gasteiger partial charge in [0.25, 0.3) is 5.91 Å². The molecule has 0 radical (unpaired) electrons. The van der Waals surface area contributed by atoms with E-state index in [2.05, 4.69) is 9.88 Å². The van der Waals surface area contributed by atoms with Gasteiger partial charge in [0.1, 0.15) is 0 Å². The van der Waals surface area contributed by atoms with Crippen LogP contribution in [0.25, 0.3) is 0 Å². The second-order valence-electron chi connectivity index (χ2n) is 7.13. The van der Waals surface area contributed by atoms with Crippen LogP contribution in [0.1, 0.15) is 34.8 Å². The number of hydrogen-bond donors (Lipinski definition) is 0. The van der Waals surface area contributed by atoms with E-state index in [9.17, 15) is 9.18 Å². The van der Waals surface area contributed by atoms with Crippen LogP contribution < -0.4 is 0 Å². The first-order chi connectivity index (χ1) is 13.2. The van der Waals surface area contributed by atoms with Crippen molar-refractivity contribution in [1.29, 1.82) is 0 Å². The molecule has 2 aliphatic heterocycles. The lowest BCUT2D eigenvalue weighted by Gasteiger charge is -2.42. The van der Waals surface area contributed by atoms with E-state index in [1.165, 1.54) is 25.1 Å². The molecule has 3 heterocycles. The fraction of sp³-hybridized carbons (Fsp3) is 0.429. The molecule has 2 aromatic rings. The third kappa shape index (κ3) is 3.87.